The van der Waals surface area contributed by atoms with Crippen LogP contribution >= 0.6 is 11.3 Å². The van der Waals surface area contributed by atoms with Crippen molar-refractivity contribution in [2.45, 2.75) is 20.3 Å². The SMILES string of the molecule is CCNc1nc(-c2ccc(CCNC(C)=O)cc2)cs1. The Labute approximate surface area is 123 Å². The average Bonchev–Trinajstić information content (AvgIpc) is 2.88. The maximum absolute atomic E-state index is 10.8. The molecule has 5 heteroatoms. The lowest BCUT2D eigenvalue weighted by Crippen LogP contribution is -2.22. The molecule has 0 spiro atoms. The van der Waals surface area contributed by atoms with Gasteiger partial charge in [-0.05, 0) is 18.9 Å². The Morgan fingerprint density at radius 2 is 2.05 bits per heavy atom. The smallest absolute Gasteiger partial charge is 0.216 e. The molecule has 0 aliphatic rings. The summed E-state index contributed by atoms with van der Waals surface area (Å²) in [6.07, 6.45) is 0.847. The highest BCUT2D eigenvalue weighted by Crippen LogP contribution is 2.25. The van der Waals surface area contributed by atoms with Crippen molar-refractivity contribution in [2.24, 2.45) is 0 Å². The average molecular weight is 289 g/mol. The highest BCUT2D eigenvalue weighted by molar-refractivity contribution is 7.14. The van der Waals surface area contributed by atoms with Crippen molar-refractivity contribution in [3.05, 3.63) is 35.2 Å². The highest BCUT2D eigenvalue weighted by Gasteiger charge is 2.04. The fourth-order valence-corrected chi connectivity index (χ4v) is 2.65. The van der Waals surface area contributed by atoms with E-state index >= 15 is 0 Å². The second-order valence-electron chi connectivity index (χ2n) is 4.50. The third-order valence-electron chi connectivity index (χ3n) is 2.87. The van der Waals surface area contributed by atoms with Gasteiger partial charge in [0.05, 0.1) is 5.69 Å². The number of hydrogen-bond donors (Lipinski definition) is 2. The molecule has 0 bridgehead atoms. The van der Waals surface area contributed by atoms with Crippen molar-refractivity contribution in [3.63, 3.8) is 0 Å². The van der Waals surface area contributed by atoms with E-state index < -0.39 is 0 Å². The molecule has 4 nitrogen and oxygen atoms in total. The molecule has 0 saturated heterocycles. The summed E-state index contributed by atoms with van der Waals surface area (Å²) < 4.78 is 0. The third kappa shape index (κ3) is 4.06. The van der Waals surface area contributed by atoms with Crippen molar-refractivity contribution in [1.82, 2.24) is 10.3 Å². The molecule has 0 saturated carbocycles. The number of thiazole rings is 1. The Balaban J connectivity index is 1.98. The summed E-state index contributed by atoms with van der Waals surface area (Å²) in [5.41, 5.74) is 3.33. The standard InChI is InChI=1S/C15H19N3OS/c1-3-16-15-18-14(10-20-15)13-6-4-12(5-7-13)8-9-17-11(2)19/h4-7,10H,3,8-9H2,1-2H3,(H,16,18)(H,17,19). The van der Waals surface area contributed by atoms with Gasteiger partial charge in [0, 0.05) is 31.0 Å². The maximum Gasteiger partial charge on any atom is 0.216 e. The Hall–Kier alpha value is -1.88. The normalized spacial score (nSPS) is 10.3. The van der Waals surface area contributed by atoms with E-state index in [1.807, 2.05) is 0 Å². The fourth-order valence-electron chi connectivity index (χ4n) is 1.86. The number of benzene rings is 1. The molecule has 1 heterocycles. The quantitative estimate of drug-likeness (QED) is 0.859. The number of nitrogens with one attached hydrogen (secondary N) is 2. The summed E-state index contributed by atoms with van der Waals surface area (Å²) in [5, 5.41) is 9.03. The van der Waals surface area contributed by atoms with Crippen molar-refractivity contribution in [3.8, 4) is 11.3 Å². The van der Waals surface area contributed by atoms with E-state index in [0.29, 0.717) is 6.54 Å². The number of carbonyl (C=O) groups excluding carboxylic acids is 1. The van der Waals surface area contributed by atoms with Crippen molar-refractivity contribution >= 4 is 22.4 Å². The zero-order valence-corrected chi connectivity index (χ0v) is 12.6. The topological polar surface area (TPSA) is 54.0 Å². The predicted octanol–water partition coefficient (Wildman–Crippen LogP) is 2.92. The van der Waals surface area contributed by atoms with Crippen LogP contribution in [0.15, 0.2) is 29.6 Å². The van der Waals surface area contributed by atoms with E-state index in [0.717, 1.165) is 29.4 Å². The number of carbonyl (C=O) groups is 1. The fraction of sp³-hybridized carbons (Fsp3) is 0.333. The Kier molecular flexibility index (Phi) is 5.12. The molecule has 0 atom stereocenters. The van der Waals surface area contributed by atoms with Gasteiger partial charge in [0.1, 0.15) is 0 Å². The molecule has 1 amide bonds. The molecular weight excluding hydrogens is 270 g/mol. The first-order valence-corrected chi connectivity index (χ1v) is 7.60. The van der Waals surface area contributed by atoms with Crippen LogP contribution in [0.4, 0.5) is 5.13 Å². The van der Waals surface area contributed by atoms with Gasteiger partial charge in [-0.1, -0.05) is 24.3 Å². The Bertz CT molecular complexity index is 563. The third-order valence-corrected chi connectivity index (χ3v) is 3.67. The summed E-state index contributed by atoms with van der Waals surface area (Å²) >= 11 is 1.62. The zero-order chi connectivity index (χ0) is 14.4. The lowest BCUT2D eigenvalue weighted by molar-refractivity contribution is -0.118. The van der Waals surface area contributed by atoms with Crippen LogP contribution in [0.1, 0.15) is 19.4 Å². The Morgan fingerprint density at radius 3 is 2.70 bits per heavy atom. The van der Waals surface area contributed by atoms with Crippen LogP contribution in [0, 0.1) is 0 Å². The van der Waals surface area contributed by atoms with Gasteiger partial charge in [-0.2, -0.15) is 0 Å². The first-order chi connectivity index (χ1) is 9.69. The zero-order valence-electron chi connectivity index (χ0n) is 11.8. The van der Waals surface area contributed by atoms with Crippen LogP contribution in [0.3, 0.4) is 0 Å². The largest absolute Gasteiger partial charge is 0.362 e. The van der Waals surface area contributed by atoms with Crippen molar-refractivity contribution < 1.29 is 4.79 Å². The molecule has 2 rings (SSSR count). The van der Waals surface area contributed by atoms with E-state index in [-0.39, 0.29) is 5.91 Å². The van der Waals surface area contributed by atoms with Crippen LogP contribution in [0.25, 0.3) is 11.3 Å². The summed E-state index contributed by atoms with van der Waals surface area (Å²) in [5.74, 6) is 0.0139. The molecule has 0 unspecified atom stereocenters. The summed E-state index contributed by atoms with van der Waals surface area (Å²) in [7, 11) is 0. The van der Waals surface area contributed by atoms with Crippen molar-refractivity contribution in [1.29, 1.82) is 0 Å². The van der Waals surface area contributed by atoms with Gasteiger partial charge in [-0.3, -0.25) is 4.79 Å². The monoisotopic (exact) mass is 289 g/mol. The molecule has 0 radical (unpaired) electrons. The Morgan fingerprint density at radius 1 is 1.30 bits per heavy atom. The minimum atomic E-state index is 0.0139. The molecule has 1 aromatic heterocycles. The second-order valence-corrected chi connectivity index (χ2v) is 5.36. The van der Waals surface area contributed by atoms with Crippen LogP contribution in [-0.2, 0) is 11.2 Å². The van der Waals surface area contributed by atoms with Crippen LogP contribution < -0.4 is 10.6 Å². The molecule has 0 fully saturated rings. The van der Waals surface area contributed by atoms with Crippen LogP contribution in [-0.4, -0.2) is 24.0 Å². The summed E-state index contributed by atoms with van der Waals surface area (Å²) in [4.78, 5) is 15.3. The molecule has 2 N–H and O–H groups in total. The summed E-state index contributed by atoms with van der Waals surface area (Å²) in [6.45, 7) is 5.16. The molecule has 0 aliphatic heterocycles. The molecule has 0 aliphatic carbocycles. The predicted molar refractivity (Wildman–Crippen MR) is 84.1 cm³/mol. The minimum absolute atomic E-state index is 0.0139. The van der Waals surface area contributed by atoms with Gasteiger partial charge in [0.25, 0.3) is 0 Å². The van der Waals surface area contributed by atoms with E-state index in [9.17, 15) is 4.79 Å². The molecule has 20 heavy (non-hydrogen) atoms. The minimum Gasteiger partial charge on any atom is -0.362 e. The van der Waals surface area contributed by atoms with E-state index in [2.05, 4.69) is 52.2 Å². The van der Waals surface area contributed by atoms with Crippen molar-refractivity contribution in [2.75, 3.05) is 18.4 Å². The molecular formula is C15H19N3OS. The van der Waals surface area contributed by atoms with E-state index in [1.54, 1.807) is 11.3 Å². The second kappa shape index (κ2) is 7.05. The maximum atomic E-state index is 10.8. The molecule has 106 valence electrons. The van der Waals surface area contributed by atoms with Gasteiger partial charge in [0.15, 0.2) is 5.13 Å². The number of rotatable bonds is 6. The van der Waals surface area contributed by atoms with Crippen LogP contribution in [0.5, 0.6) is 0 Å². The van der Waals surface area contributed by atoms with Gasteiger partial charge in [-0.25, -0.2) is 4.98 Å². The molecule has 2 aromatic rings. The molecule has 1 aromatic carbocycles. The highest BCUT2D eigenvalue weighted by atomic mass is 32.1. The van der Waals surface area contributed by atoms with Gasteiger partial charge < -0.3 is 10.6 Å². The number of anilines is 1. The van der Waals surface area contributed by atoms with Gasteiger partial charge in [0.2, 0.25) is 5.91 Å². The lowest BCUT2D eigenvalue weighted by Gasteiger charge is -2.03. The number of nitrogens with zero attached hydrogens (tertiary/aromatic N) is 1. The summed E-state index contributed by atoms with van der Waals surface area (Å²) in [6, 6.07) is 8.33. The first-order valence-electron chi connectivity index (χ1n) is 6.72. The van der Waals surface area contributed by atoms with E-state index in [4.69, 9.17) is 0 Å². The lowest BCUT2D eigenvalue weighted by atomic mass is 10.1. The number of hydrogen-bond acceptors (Lipinski definition) is 4. The first kappa shape index (κ1) is 14.5. The van der Waals surface area contributed by atoms with Gasteiger partial charge >= 0.3 is 0 Å². The van der Waals surface area contributed by atoms with E-state index in [1.165, 1.54) is 12.5 Å². The van der Waals surface area contributed by atoms with Crippen LogP contribution in [0.2, 0.25) is 0 Å². The number of amides is 1. The van der Waals surface area contributed by atoms with Gasteiger partial charge in [-0.15, -0.1) is 11.3 Å². The number of aromatic nitrogens is 1.